The Balaban J connectivity index is 1.31. The number of hydrogen-bond acceptors (Lipinski definition) is 3. The summed E-state index contributed by atoms with van der Waals surface area (Å²) in [4.78, 5) is 4.98. The first-order valence-corrected chi connectivity index (χ1v) is 13.9. The highest BCUT2D eigenvalue weighted by molar-refractivity contribution is 7.27. The molecule has 1 aromatic heterocycles. The minimum Gasteiger partial charge on any atom is -0.347 e. The molecule has 7 heteroatoms. The summed E-state index contributed by atoms with van der Waals surface area (Å²) in [6.07, 6.45) is 3.26. The van der Waals surface area contributed by atoms with E-state index in [1.165, 1.54) is 32.9 Å². The van der Waals surface area contributed by atoms with Crippen LogP contribution < -0.4 is 11.0 Å². The minimum absolute atomic E-state index is 0.698. The van der Waals surface area contributed by atoms with Crippen molar-refractivity contribution in [2.75, 3.05) is 32.7 Å². The van der Waals surface area contributed by atoms with Crippen LogP contribution in [0.4, 0.5) is 0 Å². The van der Waals surface area contributed by atoms with E-state index < -0.39 is 0 Å². The number of aryl methyl sites for hydroxylation is 1. The molecular formula is C29H33Cl2N4P. The van der Waals surface area contributed by atoms with Crippen LogP contribution >= 0.6 is 32.4 Å². The van der Waals surface area contributed by atoms with Crippen molar-refractivity contribution in [2.24, 2.45) is 5.73 Å². The van der Waals surface area contributed by atoms with Gasteiger partial charge in [-0.15, -0.1) is 9.24 Å². The van der Waals surface area contributed by atoms with Crippen LogP contribution in [0.1, 0.15) is 17.5 Å². The van der Waals surface area contributed by atoms with E-state index in [-0.39, 0.29) is 0 Å². The van der Waals surface area contributed by atoms with Gasteiger partial charge in [0, 0.05) is 84.1 Å². The summed E-state index contributed by atoms with van der Waals surface area (Å²) in [5.74, 6) is 0. The first-order valence-electron chi connectivity index (χ1n) is 12.6. The Kier molecular flexibility index (Phi) is 8.32. The number of rotatable bonds is 8. The Morgan fingerprint density at radius 1 is 0.833 bits per heavy atom. The second kappa shape index (κ2) is 11.6. The highest BCUT2D eigenvalue weighted by Crippen LogP contribution is 2.32. The second-order valence-corrected chi connectivity index (χ2v) is 11.1. The van der Waals surface area contributed by atoms with Crippen LogP contribution in [0.5, 0.6) is 0 Å². The summed E-state index contributed by atoms with van der Waals surface area (Å²) in [6.45, 7) is 7.45. The summed E-state index contributed by atoms with van der Waals surface area (Å²) in [7, 11) is 2.77. The van der Waals surface area contributed by atoms with Crippen LogP contribution in [0.2, 0.25) is 10.0 Å². The van der Waals surface area contributed by atoms with Gasteiger partial charge in [0.15, 0.2) is 0 Å². The zero-order valence-electron chi connectivity index (χ0n) is 20.5. The van der Waals surface area contributed by atoms with Crippen LogP contribution in [0.25, 0.3) is 22.0 Å². The maximum Gasteiger partial charge on any atom is 0.0486 e. The van der Waals surface area contributed by atoms with E-state index in [0.29, 0.717) is 6.54 Å². The fraction of sp³-hybridized carbons (Fsp3) is 0.310. The molecule has 1 aliphatic rings. The average molecular weight is 539 g/mol. The smallest absolute Gasteiger partial charge is 0.0486 e. The monoisotopic (exact) mass is 538 g/mol. The molecule has 0 spiro atoms. The highest BCUT2D eigenvalue weighted by Gasteiger charge is 2.20. The van der Waals surface area contributed by atoms with E-state index in [0.717, 1.165) is 67.8 Å². The molecule has 0 bridgehead atoms. The minimum atomic E-state index is 0.698. The van der Waals surface area contributed by atoms with Crippen molar-refractivity contribution in [3.8, 4) is 11.1 Å². The van der Waals surface area contributed by atoms with Crippen molar-refractivity contribution < 1.29 is 0 Å². The van der Waals surface area contributed by atoms with Gasteiger partial charge >= 0.3 is 0 Å². The molecule has 2 N–H and O–H groups in total. The van der Waals surface area contributed by atoms with Gasteiger partial charge < -0.3 is 10.3 Å². The largest absolute Gasteiger partial charge is 0.347 e. The number of fused-ring (bicyclic) bond motifs is 1. The first kappa shape index (κ1) is 25.7. The van der Waals surface area contributed by atoms with Crippen LogP contribution in [0.3, 0.4) is 0 Å². The third-order valence-corrected chi connectivity index (χ3v) is 8.18. The maximum atomic E-state index is 6.40. The number of halogens is 2. The molecule has 1 saturated heterocycles. The van der Waals surface area contributed by atoms with Crippen LogP contribution in [-0.2, 0) is 19.6 Å². The molecule has 0 amide bonds. The zero-order valence-corrected chi connectivity index (χ0v) is 23.1. The number of hydrogen-bond donors (Lipinski definition) is 1. The lowest BCUT2D eigenvalue weighted by Crippen LogP contribution is -2.45. The number of benzene rings is 3. The van der Waals surface area contributed by atoms with Gasteiger partial charge in [-0.25, -0.2) is 0 Å². The van der Waals surface area contributed by atoms with Crippen LogP contribution in [0.15, 0.2) is 66.9 Å². The molecule has 188 valence electrons. The van der Waals surface area contributed by atoms with Crippen molar-refractivity contribution >= 4 is 48.6 Å². The molecule has 0 radical (unpaired) electrons. The molecule has 3 aromatic carbocycles. The molecule has 1 atom stereocenters. The van der Waals surface area contributed by atoms with Gasteiger partial charge in [-0.2, -0.15) is 0 Å². The van der Waals surface area contributed by atoms with E-state index in [1.54, 1.807) is 0 Å². The van der Waals surface area contributed by atoms with Crippen molar-refractivity contribution in [3.63, 3.8) is 0 Å². The molecule has 1 unspecified atom stereocenters. The van der Waals surface area contributed by atoms with Crippen LogP contribution in [0, 0.1) is 0 Å². The first-order chi connectivity index (χ1) is 17.5. The summed E-state index contributed by atoms with van der Waals surface area (Å²) in [5, 5.41) is 4.01. The van der Waals surface area contributed by atoms with E-state index >= 15 is 0 Å². The predicted molar refractivity (Wildman–Crippen MR) is 157 cm³/mol. The van der Waals surface area contributed by atoms with Gasteiger partial charge in [-0.05, 0) is 53.7 Å². The SMILES string of the molecule is NCCCn1cc(-c2ccc(P)cc2)c2cc(CN3CCN(Cc4c(Cl)cccc4Cl)CC3)ccc21. The summed E-state index contributed by atoms with van der Waals surface area (Å²) in [6, 6.07) is 21.4. The highest BCUT2D eigenvalue weighted by atomic mass is 35.5. The maximum absolute atomic E-state index is 6.40. The molecule has 0 saturated carbocycles. The van der Waals surface area contributed by atoms with E-state index in [1.807, 2.05) is 18.2 Å². The van der Waals surface area contributed by atoms with Gasteiger partial charge in [0.2, 0.25) is 0 Å². The topological polar surface area (TPSA) is 37.4 Å². The molecule has 1 aliphatic heterocycles. The third-order valence-electron chi connectivity index (χ3n) is 7.08. The van der Waals surface area contributed by atoms with Crippen molar-refractivity contribution in [1.82, 2.24) is 14.4 Å². The Bertz CT molecular complexity index is 1310. The number of nitrogens with two attached hydrogens (primary N) is 1. The van der Waals surface area contributed by atoms with Gasteiger partial charge in [0.05, 0.1) is 0 Å². The normalized spacial score (nSPS) is 15.1. The zero-order chi connectivity index (χ0) is 25.1. The molecular weight excluding hydrogens is 506 g/mol. The molecule has 0 aliphatic carbocycles. The Morgan fingerprint density at radius 2 is 1.50 bits per heavy atom. The summed E-state index contributed by atoms with van der Waals surface area (Å²) >= 11 is 12.8. The Morgan fingerprint density at radius 3 is 2.17 bits per heavy atom. The van der Waals surface area contributed by atoms with Gasteiger partial charge in [-0.3, -0.25) is 9.80 Å². The number of nitrogens with zero attached hydrogens (tertiary/aromatic N) is 3. The Labute approximate surface area is 226 Å². The molecule has 4 nitrogen and oxygen atoms in total. The van der Waals surface area contributed by atoms with Crippen molar-refractivity contribution in [3.05, 3.63) is 88.0 Å². The molecule has 1 fully saturated rings. The number of aromatic nitrogens is 1. The molecule has 2 heterocycles. The fourth-order valence-corrected chi connectivity index (χ4v) is 5.76. The lowest BCUT2D eigenvalue weighted by Gasteiger charge is -2.35. The summed E-state index contributed by atoms with van der Waals surface area (Å²) in [5.41, 5.74) is 12.0. The van der Waals surface area contributed by atoms with E-state index in [2.05, 4.69) is 72.3 Å². The van der Waals surface area contributed by atoms with E-state index in [9.17, 15) is 0 Å². The molecule has 5 rings (SSSR count). The van der Waals surface area contributed by atoms with E-state index in [4.69, 9.17) is 28.9 Å². The fourth-order valence-electron chi connectivity index (χ4n) is 5.05. The Hall–Kier alpha value is -1.91. The van der Waals surface area contributed by atoms with Gasteiger partial charge in [-0.1, -0.05) is 59.6 Å². The quantitative estimate of drug-likeness (QED) is 0.289. The third kappa shape index (κ3) is 5.81. The van der Waals surface area contributed by atoms with Crippen molar-refractivity contribution in [2.45, 2.75) is 26.1 Å². The predicted octanol–water partition coefficient (Wildman–Crippen LogP) is 5.78. The molecule has 4 aromatic rings. The summed E-state index contributed by atoms with van der Waals surface area (Å²) < 4.78 is 2.36. The van der Waals surface area contributed by atoms with Crippen molar-refractivity contribution in [1.29, 1.82) is 0 Å². The molecule has 36 heavy (non-hydrogen) atoms. The van der Waals surface area contributed by atoms with Gasteiger partial charge in [0.1, 0.15) is 0 Å². The lowest BCUT2D eigenvalue weighted by atomic mass is 10.0. The van der Waals surface area contributed by atoms with Crippen LogP contribution in [-0.4, -0.2) is 47.1 Å². The standard InChI is InChI=1S/C29H33Cl2N4P/c30-27-3-1-4-28(31)26(27)19-34-15-13-33(14-16-34)18-21-5-10-29-24(17-21)25(20-35(29)12-2-11-32)22-6-8-23(36)9-7-22/h1,3-10,17,20H,2,11-16,18-19,32,36H2. The van der Waals surface area contributed by atoms with Gasteiger partial charge in [0.25, 0.3) is 0 Å². The average Bonchev–Trinajstić information content (AvgIpc) is 3.24. The number of piperazine rings is 1. The lowest BCUT2D eigenvalue weighted by molar-refractivity contribution is 0.122. The second-order valence-electron chi connectivity index (χ2n) is 9.60.